The quantitative estimate of drug-likeness (QED) is 0.747. The Morgan fingerprint density at radius 1 is 1.21 bits per heavy atom. The van der Waals surface area contributed by atoms with Crippen molar-refractivity contribution in [3.63, 3.8) is 0 Å². The summed E-state index contributed by atoms with van der Waals surface area (Å²) in [7, 11) is 0. The van der Waals surface area contributed by atoms with Gasteiger partial charge in [0.1, 0.15) is 0 Å². The van der Waals surface area contributed by atoms with Crippen molar-refractivity contribution in [1.29, 1.82) is 0 Å². The average Bonchev–Trinajstić information content (AvgIpc) is 2.67. The lowest BCUT2D eigenvalue weighted by Gasteiger charge is -2.32. The monoisotopic (exact) mass is 328 g/mol. The highest BCUT2D eigenvalue weighted by atomic mass is 15.2. The molecule has 1 saturated heterocycles. The summed E-state index contributed by atoms with van der Waals surface area (Å²) in [5, 5.41) is 3.55. The van der Waals surface area contributed by atoms with Crippen LogP contribution in [0.4, 0.5) is 0 Å². The van der Waals surface area contributed by atoms with Crippen molar-refractivity contribution < 1.29 is 0 Å². The molecule has 0 saturated carbocycles. The van der Waals surface area contributed by atoms with Crippen LogP contribution in [0.2, 0.25) is 0 Å². The van der Waals surface area contributed by atoms with Crippen molar-refractivity contribution in [3.05, 3.63) is 72.4 Å². The van der Waals surface area contributed by atoms with Crippen LogP contribution in [-0.2, 0) is 6.54 Å². The predicted molar refractivity (Wildman–Crippen MR) is 109 cm³/mol. The van der Waals surface area contributed by atoms with Crippen LogP contribution in [0, 0.1) is 0 Å². The topological polar surface area (TPSA) is 15.3 Å². The van der Waals surface area contributed by atoms with Gasteiger partial charge in [-0.05, 0) is 18.1 Å². The van der Waals surface area contributed by atoms with E-state index in [-0.39, 0.29) is 0 Å². The van der Waals surface area contributed by atoms with Gasteiger partial charge in [-0.2, -0.15) is 0 Å². The maximum absolute atomic E-state index is 3.82. The van der Waals surface area contributed by atoms with E-state index in [9.17, 15) is 0 Å². The van der Waals surface area contributed by atoms with Crippen LogP contribution in [0.1, 0.15) is 40.2 Å². The molecule has 2 nitrogen and oxygen atoms in total. The largest absolute Gasteiger partial charge is 0.308 e. The molecule has 1 N–H and O–H groups in total. The van der Waals surface area contributed by atoms with E-state index in [2.05, 4.69) is 65.4 Å². The first-order valence-electron chi connectivity index (χ1n) is 9.28. The van der Waals surface area contributed by atoms with Crippen LogP contribution in [0.3, 0.4) is 0 Å². The Balaban J connectivity index is 0.00000123. The zero-order valence-corrected chi connectivity index (χ0v) is 16.3. The molecule has 1 aromatic carbocycles. The van der Waals surface area contributed by atoms with Crippen LogP contribution in [0.15, 0.2) is 66.8 Å². The summed E-state index contributed by atoms with van der Waals surface area (Å²) >= 11 is 0. The minimum absolute atomic E-state index is 0.419. The van der Waals surface area contributed by atoms with E-state index in [0.717, 1.165) is 26.2 Å². The van der Waals surface area contributed by atoms with Gasteiger partial charge in [0, 0.05) is 32.2 Å². The molecule has 0 amide bonds. The molecular weight excluding hydrogens is 292 g/mol. The fraction of sp³-hybridized carbons (Fsp3) is 0.455. The number of allylic oxidation sites excluding steroid dienone is 4. The summed E-state index contributed by atoms with van der Waals surface area (Å²) in [5.74, 6) is 0. The zero-order chi connectivity index (χ0) is 18.2. The molecular formula is C22H36N2. The summed E-state index contributed by atoms with van der Waals surface area (Å²) in [6.07, 6.45) is 8.36. The van der Waals surface area contributed by atoms with E-state index in [0.29, 0.717) is 6.04 Å². The number of piperazine rings is 1. The number of hydrogen-bond acceptors (Lipinski definition) is 2. The lowest BCUT2D eigenvalue weighted by Crippen LogP contribution is -2.49. The van der Waals surface area contributed by atoms with Gasteiger partial charge in [-0.15, -0.1) is 0 Å². The van der Waals surface area contributed by atoms with Crippen LogP contribution < -0.4 is 5.32 Å². The summed E-state index contributed by atoms with van der Waals surface area (Å²) in [6, 6.07) is 11.1. The highest BCUT2D eigenvalue weighted by Gasteiger charge is 2.16. The Bertz CT molecular complexity index is 474. The second kappa shape index (κ2) is 14.9. The number of nitrogens with one attached hydrogen (secondary N) is 1. The zero-order valence-electron chi connectivity index (χ0n) is 16.3. The van der Waals surface area contributed by atoms with Crippen molar-refractivity contribution in [3.8, 4) is 0 Å². The number of hydrogen-bond donors (Lipinski definition) is 1. The fourth-order valence-electron chi connectivity index (χ4n) is 2.47. The van der Waals surface area contributed by atoms with E-state index >= 15 is 0 Å². The lowest BCUT2D eigenvalue weighted by atomic mass is 10.1. The van der Waals surface area contributed by atoms with Gasteiger partial charge in [-0.3, -0.25) is 4.90 Å². The van der Waals surface area contributed by atoms with Crippen LogP contribution in [0.25, 0.3) is 0 Å². The van der Waals surface area contributed by atoms with E-state index in [4.69, 9.17) is 0 Å². The molecule has 1 heterocycles. The van der Waals surface area contributed by atoms with E-state index in [1.165, 1.54) is 11.1 Å². The fourth-order valence-corrected chi connectivity index (χ4v) is 2.47. The molecule has 1 fully saturated rings. The minimum atomic E-state index is 0.419. The molecule has 1 aromatic rings. The summed E-state index contributed by atoms with van der Waals surface area (Å²) in [5.41, 5.74) is 2.56. The Morgan fingerprint density at radius 2 is 1.88 bits per heavy atom. The molecule has 1 aliphatic rings. The SMILES string of the molecule is C=CC(/C=C/[C@@H]1CN(Cc2ccccc2)CCN1)=C\C.CC.CC. The van der Waals surface area contributed by atoms with Crippen LogP contribution in [0.5, 0.6) is 0 Å². The Kier molecular flexibility index (Phi) is 13.9. The van der Waals surface area contributed by atoms with E-state index in [1.807, 2.05) is 40.7 Å². The second-order valence-electron chi connectivity index (χ2n) is 5.13. The molecule has 2 rings (SSSR count). The number of nitrogens with zero attached hydrogens (tertiary/aromatic N) is 1. The van der Waals surface area contributed by atoms with Gasteiger partial charge in [0.05, 0.1) is 0 Å². The Morgan fingerprint density at radius 3 is 2.46 bits per heavy atom. The van der Waals surface area contributed by atoms with Gasteiger partial charge in [-0.1, -0.05) is 88.9 Å². The maximum atomic E-state index is 3.82. The van der Waals surface area contributed by atoms with Crippen molar-refractivity contribution >= 4 is 0 Å². The first-order chi connectivity index (χ1) is 11.8. The van der Waals surface area contributed by atoms with E-state index < -0.39 is 0 Å². The average molecular weight is 329 g/mol. The van der Waals surface area contributed by atoms with Crippen LogP contribution in [-0.4, -0.2) is 30.6 Å². The van der Waals surface area contributed by atoms with E-state index in [1.54, 1.807) is 0 Å². The normalized spacial score (nSPS) is 18.2. The number of benzene rings is 1. The smallest absolute Gasteiger partial charge is 0.0382 e. The summed E-state index contributed by atoms with van der Waals surface area (Å²) in [4.78, 5) is 2.50. The van der Waals surface area contributed by atoms with Crippen LogP contribution >= 0.6 is 0 Å². The molecule has 0 aromatic heterocycles. The number of rotatable bonds is 5. The van der Waals surface area contributed by atoms with Crippen molar-refractivity contribution in [2.24, 2.45) is 0 Å². The third kappa shape index (κ3) is 8.85. The van der Waals surface area contributed by atoms with Gasteiger partial charge in [0.25, 0.3) is 0 Å². The summed E-state index contributed by atoms with van der Waals surface area (Å²) < 4.78 is 0. The Hall–Kier alpha value is -1.64. The molecule has 0 bridgehead atoms. The Labute approximate surface area is 150 Å². The first kappa shape index (κ1) is 22.4. The standard InChI is InChI=1S/C18H24N2.2C2H6/c1-3-16(4-2)10-11-18-15-20(13-12-19-18)14-17-8-6-5-7-9-17;2*1-2/h3-11,18-19H,1,12-15H2,2H3;2*1-2H3/b11-10+,16-4+;;/t18-;;/m1../s1. The molecule has 0 radical (unpaired) electrons. The second-order valence-corrected chi connectivity index (χ2v) is 5.13. The third-order valence-electron chi connectivity index (χ3n) is 3.63. The van der Waals surface area contributed by atoms with Crippen molar-refractivity contribution in [2.75, 3.05) is 19.6 Å². The maximum Gasteiger partial charge on any atom is 0.0382 e. The van der Waals surface area contributed by atoms with Gasteiger partial charge in [0.2, 0.25) is 0 Å². The van der Waals surface area contributed by atoms with Gasteiger partial charge < -0.3 is 5.32 Å². The molecule has 2 heteroatoms. The molecule has 1 aliphatic heterocycles. The molecule has 0 spiro atoms. The third-order valence-corrected chi connectivity index (χ3v) is 3.63. The minimum Gasteiger partial charge on any atom is -0.308 e. The first-order valence-corrected chi connectivity index (χ1v) is 9.28. The molecule has 134 valence electrons. The van der Waals surface area contributed by atoms with Crippen molar-refractivity contribution in [2.45, 2.75) is 47.2 Å². The molecule has 24 heavy (non-hydrogen) atoms. The van der Waals surface area contributed by atoms with Gasteiger partial charge >= 0.3 is 0 Å². The summed E-state index contributed by atoms with van der Waals surface area (Å²) in [6.45, 7) is 18.1. The highest BCUT2D eigenvalue weighted by molar-refractivity contribution is 5.29. The molecule has 0 aliphatic carbocycles. The van der Waals surface area contributed by atoms with Gasteiger partial charge in [0.15, 0.2) is 0 Å². The predicted octanol–water partition coefficient (Wildman–Crippen LogP) is 5.20. The lowest BCUT2D eigenvalue weighted by molar-refractivity contribution is 0.210. The van der Waals surface area contributed by atoms with Crippen molar-refractivity contribution in [1.82, 2.24) is 10.2 Å². The molecule has 1 atom stereocenters. The van der Waals surface area contributed by atoms with Gasteiger partial charge in [-0.25, -0.2) is 0 Å². The molecule has 0 unspecified atom stereocenters. The highest BCUT2D eigenvalue weighted by Crippen LogP contribution is 2.09.